The number of thiophene rings is 1. The Hall–Kier alpha value is -1.03. The van der Waals surface area contributed by atoms with Gasteiger partial charge in [0, 0.05) is 4.88 Å². The predicted molar refractivity (Wildman–Crippen MR) is 84.4 cm³/mol. The van der Waals surface area contributed by atoms with Crippen LogP contribution in [0.4, 0.5) is 0 Å². The highest BCUT2D eigenvalue weighted by Crippen LogP contribution is 2.48. The first-order chi connectivity index (χ1) is 9.84. The molecule has 0 spiro atoms. The minimum Gasteiger partial charge on any atom is -0.491 e. The van der Waals surface area contributed by atoms with Crippen LogP contribution in [0, 0.1) is 17.8 Å². The molecule has 0 aromatic carbocycles. The van der Waals surface area contributed by atoms with Gasteiger partial charge >= 0.3 is 5.97 Å². The molecule has 0 aliphatic heterocycles. The van der Waals surface area contributed by atoms with Gasteiger partial charge in [0.2, 0.25) is 0 Å². The van der Waals surface area contributed by atoms with Crippen LogP contribution in [0.25, 0.3) is 0 Å². The summed E-state index contributed by atoms with van der Waals surface area (Å²) in [4.78, 5) is 12.8. The van der Waals surface area contributed by atoms with Crippen LogP contribution in [-0.4, -0.2) is 17.7 Å². The second kappa shape index (κ2) is 5.31. The van der Waals surface area contributed by atoms with Crippen LogP contribution in [-0.2, 0) is 5.41 Å². The summed E-state index contributed by atoms with van der Waals surface area (Å²) in [6, 6.07) is 1.93. The van der Waals surface area contributed by atoms with E-state index >= 15 is 0 Å². The maximum absolute atomic E-state index is 11.4. The van der Waals surface area contributed by atoms with Crippen molar-refractivity contribution in [3.63, 3.8) is 0 Å². The van der Waals surface area contributed by atoms with Crippen LogP contribution < -0.4 is 4.74 Å². The van der Waals surface area contributed by atoms with Gasteiger partial charge in [-0.15, -0.1) is 11.3 Å². The molecule has 1 aromatic heterocycles. The molecule has 1 aromatic rings. The van der Waals surface area contributed by atoms with Crippen LogP contribution in [0.5, 0.6) is 5.75 Å². The number of hydrogen-bond acceptors (Lipinski definition) is 3. The molecule has 2 fully saturated rings. The lowest BCUT2D eigenvalue weighted by Crippen LogP contribution is -2.19. The largest absolute Gasteiger partial charge is 0.491 e. The Morgan fingerprint density at radius 2 is 2.14 bits per heavy atom. The summed E-state index contributed by atoms with van der Waals surface area (Å²) in [5.41, 5.74) is -0.0388. The Labute approximate surface area is 130 Å². The van der Waals surface area contributed by atoms with Gasteiger partial charge in [-0.3, -0.25) is 0 Å². The van der Waals surface area contributed by atoms with Gasteiger partial charge in [0.25, 0.3) is 0 Å². The number of carboxylic acid groups (broad SMARTS) is 1. The Balaban J connectivity index is 1.72. The molecule has 0 radical (unpaired) electrons. The maximum Gasteiger partial charge on any atom is 0.349 e. The SMILES string of the molecule is CC(C)(C)c1cc(OCC2CC3CCC2C3)c(C(=O)O)s1. The fraction of sp³-hybridized carbons (Fsp3) is 0.706. The van der Waals surface area contributed by atoms with Crippen molar-refractivity contribution in [1.29, 1.82) is 0 Å². The van der Waals surface area contributed by atoms with Crippen LogP contribution in [0.2, 0.25) is 0 Å². The lowest BCUT2D eigenvalue weighted by Gasteiger charge is -2.21. The van der Waals surface area contributed by atoms with E-state index in [4.69, 9.17) is 4.74 Å². The molecule has 3 unspecified atom stereocenters. The lowest BCUT2D eigenvalue weighted by atomic mass is 9.89. The third-order valence-electron chi connectivity index (χ3n) is 4.97. The molecule has 2 bridgehead atoms. The standard InChI is InChI=1S/C17H24O3S/c1-17(2,3)14-8-13(15(21-14)16(18)19)20-9-12-7-10-4-5-11(12)6-10/h8,10-12H,4-7,9H2,1-3H3,(H,18,19). The van der Waals surface area contributed by atoms with Crippen molar-refractivity contribution in [2.45, 2.75) is 51.9 Å². The Bertz CT molecular complexity index is 541. The number of aromatic carboxylic acids is 1. The van der Waals surface area contributed by atoms with E-state index < -0.39 is 5.97 Å². The quantitative estimate of drug-likeness (QED) is 0.887. The summed E-state index contributed by atoms with van der Waals surface area (Å²) in [5, 5.41) is 9.37. The van der Waals surface area contributed by atoms with Crippen molar-refractivity contribution in [2.75, 3.05) is 6.61 Å². The van der Waals surface area contributed by atoms with Crippen LogP contribution in [0.3, 0.4) is 0 Å². The highest BCUT2D eigenvalue weighted by molar-refractivity contribution is 7.14. The molecule has 3 nitrogen and oxygen atoms in total. The van der Waals surface area contributed by atoms with Crippen LogP contribution >= 0.6 is 11.3 Å². The fourth-order valence-corrected chi connectivity index (χ4v) is 4.78. The smallest absolute Gasteiger partial charge is 0.349 e. The molecular weight excluding hydrogens is 284 g/mol. The van der Waals surface area contributed by atoms with Gasteiger partial charge in [-0.25, -0.2) is 4.79 Å². The number of carbonyl (C=O) groups is 1. The third kappa shape index (κ3) is 2.96. The monoisotopic (exact) mass is 308 g/mol. The number of ether oxygens (including phenoxy) is 1. The zero-order valence-corrected chi connectivity index (χ0v) is 13.8. The van der Waals surface area contributed by atoms with Crippen molar-refractivity contribution in [3.05, 3.63) is 15.8 Å². The Morgan fingerprint density at radius 1 is 1.38 bits per heavy atom. The summed E-state index contributed by atoms with van der Waals surface area (Å²) < 4.78 is 5.94. The Kier molecular flexibility index (Phi) is 3.76. The number of rotatable bonds is 4. The molecule has 2 aliphatic rings. The summed E-state index contributed by atoms with van der Waals surface area (Å²) in [7, 11) is 0. The highest BCUT2D eigenvalue weighted by atomic mass is 32.1. The van der Waals surface area contributed by atoms with Crippen molar-refractivity contribution < 1.29 is 14.6 Å². The van der Waals surface area contributed by atoms with Crippen LogP contribution in [0.15, 0.2) is 6.07 Å². The molecule has 3 atom stereocenters. The van der Waals surface area contributed by atoms with Gasteiger partial charge in [0.05, 0.1) is 6.61 Å². The molecule has 4 heteroatoms. The first-order valence-corrected chi connectivity index (χ1v) is 8.66. The zero-order chi connectivity index (χ0) is 15.2. The van der Waals surface area contributed by atoms with E-state index in [0.29, 0.717) is 23.2 Å². The normalized spacial score (nSPS) is 28.0. The fourth-order valence-electron chi connectivity index (χ4n) is 3.78. The minimum absolute atomic E-state index is 0.0388. The third-order valence-corrected chi connectivity index (χ3v) is 6.50. The molecular formula is C17H24O3S. The van der Waals surface area contributed by atoms with Gasteiger partial charge in [0.15, 0.2) is 4.88 Å². The van der Waals surface area contributed by atoms with E-state index in [1.165, 1.54) is 37.0 Å². The van der Waals surface area contributed by atoms with E-state index in [1.54, 1.807) is 0 Å². The van der Waals surface area contributed by atoms with E-state index in [2.05, 4.69) is 20.8 Å². The van der Waals surface area contributed by atoms with E-state index in [-0.39, 0.29) is 5.41 Å². The molecule has 1 heterocycles. The van der Waals surface area contributed by atoms with E-state index in [1.807, 2.05) is 6.07 Å². The van der Waals surface area contributed by atoms with Gasteiger partial charge in [-0.1, -0.05) is 27.2 Å². The molecule has 1 N–H and O–H groups in total. The van der Waals surface area contributed by atoms with Gasteiger partial charge in [-0.2, -0.15) is 0 Å². The average molecular weight is 308 g/mol. The summed E-state index contributed by atoms with van der Waals surface area (Å²) in [5.74, 6) is 2.03. The molecule has 21 heavy (non-hydrogen) atoms. The molecule has 2 saturated carbocycles. The number of carboxylic acids is 1. The molecule has 3 rings (SSSR count). The summed E-state index contributed by atoms with van der Waals surface area (Å²) >= 11 is 1.35. The minimum atomic E-state index is -0.876. The van der Waals surface area contributed by atoms with Crippen molar-refractivity contribution >= 4 is 17.3 Å². The van der Waals surface area contributed by atoms with Crippen molar-refractivity contribution in [2.24, 2.45) is 17.8 Å². The lowest BCUT2D eigenvalue weighted by molar-refractivity contribution is 0.0696. The summed E-state index contributed by atoms with van der Waals surface area (Å²) in [6.45, 7) is 6.99. The number of fused-ring (bicyclic) bond motifs is 2. The molecule has 0 saturated heterocycles. The Morgan fingerprint density at radius 3 is 2.67 bits per heavy atom. The maximum atomic E-state index is 11.4. The second-order valence-electron chi connectivity index (χ2n) is 7.61. The average Bonchev–Trinajstić information content (AvgIpc) is 3.09. The first-order valence-electron chi connectivity index (χ1n) is 7.85. The molecule has 0 amide bonds. The van der Waals surface area contributed by atoms with Crippen molar-refractivity contribution in [3.8, 4) is 5.75 Å². The highest BCUT2D eigenvalue weighted by Gasteiger charge is 2.39. The van der Waals surface area contributed by atoms with Gasteiger partial charge in [0.1, 0.15) is 5.75 Å². The van der Waals surface area contributed by atoms with Gasteiger partial charge in [-0.05, 0) is 48.5 Å². The van der Waals surface area contributed by atoms with E-state index in [9.17, 15) is 9.90 Å². The second-order valence-corrected chi connectivity index (χ2v) is 8.66. The van der Waals surface area contributed by atoms with E-state index in [0.717, 1.165) is 16.7 Å². The van der Waals surface area contributed by atoms with Crippen molar-refractivity contribution in [1.82, 2.24) is 0 Å². The first kappa shape index (κ1) is 14.9. The molecule has 2 aliphatic carbocycles. The topological polar surface area (TPSA) is 46.5 Å². The zero-order valence-electron chi connectivity index (χ0n) is 13.0. The predicted octanol–water partition coefficient (Wildman–Crippen LogP) is 4.56. The molecule has 116 valence electrons. The summed E-state index contributed by atoms with van der Waals surface area (Å²) in [6.07, 6.45) is 5.34. The number of hydrogen-bond donors (Lipinski definition) is 1. The van der Waals surface area contributed by atoms with Gasteiger partial charge < -0.3 is 9.84 Å². The van der Waals surface area contributed by atoms with Crippen LogP contribution in [0.1, 0.15) is 61.0 Å².